The molecule has 0 radical (unpaired) electrons. The largest absolute Gasteiger partial charge is 0.276 e. The second kappa shape index (κ2) is 6.77. The van der Waals surface area contributed by atoms with Crippen molar-refractivity contribution in [2.75, 3.05) is 0 Å². The molecule has 5 heteroatoms. The highest BCUT2D eigenvalue weighted by Gasteiger charge is 2.18. The molecule has 0 heterocycles. The van der Waals surface area contributed by atoms with E-state index in [0.29, 0.717) is 0 Å². The van der Waals surface area contributed by atoms with Gasteiger partial charge in [-0.25, -0.2) is 0 Å². The zero-order valence-corrected chi connectivity index (χ0v) is 14.9. The van der Waals surface area contributed by atoms with E-state index in [1.54, 1.807) is 13.0 Å². The summed E-state index contributed by atoms with van der Waals surface area (Å²) in [6.07, 6.45) is 3.91. The van der Waals surface area contributed by atoms with E-state index in [1.807, 2.05) is 37.3 Å². The minimum absolute atomic E-state index is 0.286. The molecule has 3 rings (SSSR count). The summed E-state index contributed by atoms with van der Waals surface area (Å²) >= 11 is 0. The lowest BCUT2D eigenvalue weighted by Gasteiger charge is -2.11. The molecule has 2 aromatic carbocycles. The zero-order valence-electron chi connectivity index (χ0n) is 14.0. The molecule has 0 amide bonds. The number of benzene rings is 2. The zero-order chi connectivity index (χ0) is 17.2. The van der Waals surface area contributed by atoms with Crippen LogP contribution in [0.2, 0.25) is 0 Å². The predicted octanol–water partition coefficient (Wildman–Crippen LogP) is 3.71. The third-order valence-electron chi connectivity index (χ3n) is 4.37. The highest BCUT2D eigenvalue weighted by atomic mass is 32.2. The van der Waals surface area contributed by atoms with Crippen LogP contribution >= 0.6 is 0 Å². The summed E-state index contributed by atoms with van der Waals surface area (Å²) in [6.45, 7) is 3.67. The van der Waals surface area contributed by atoms with Crippen LogP contribution in [-0.2, 0) is 16.4 Å². The molecule has 1 aliphatic rings. The van der Waals surface area contributed by atoms with Crippen molar-refractivity contribution in [2.45, 2.75) is 44.4 Å². The quantitative estimate of drug-likeness (QED) is 0.683. The van der Waals surface area contributed by atoms with E-state index in [2.05, 4.69) is 16.0 Å². The van der Waals surface area contributed by atoms with Crippen molar-refractivity contribution in [3.8, 4) is 0 Å². The monoisotopic (exact) mass is 342 g/mol. The number of nitrogens with one attached hydrogen (secondary N) is 1. The van der Waals surface area contributed by atoms with Crippen LogP contribution < -0.4 is 4.83 Å². The maximum atomic E-state index is 12.6. The van der Waals surface area contributed by atoms with Crippen LogP contribution in [0.4, 0.5) is 0 Å². The Morgan fingerprint density at radius 3 is 2.58 bits per heavy atom. The SMILES string of the molecule is Cc1ccc(C)c(S(=O)(=O)N/N=C2/CCCCc3ccccc32)c1. The minimum atomic E-state index is -3.66. The number of nitrogens with zero attached hydrogens (tertiary/aromatic N) is 1. The van der Waals surface area contributed by atoms with E-state index < -0.39 is 10.0 Å². The van der Waals surface area contributed by atoms with Crippen molar-refractivity contribution >= 4 is 15.7 Å². The van der Waals surface area contributed by atoms with Crippen molar-refractivity contribution in [2.24, 2.45) is 5.10 Å². The highest BCUT2D eigenvalue weighted by Crippen LogP contribution is 2.21. The van der Waals surface area contributed by atoms with Gasteiger partial charge in [0.1, 0.15) is 0 Å². The Bertz CT molecular complexity index is 886. The number of sulfonamides is 1. The minimum Gasteiger partial charge on any atom is -0.200 e. The molecule has 1 N–H and O–H groups in total. The van der Waals surface area contributed by atoms with E-state index in [0.717, 1.165) is 48.1 Å². The third kappa shape index (κ3) is 3.51. The molecular weight excluding hydrogens is 320 g/mol. The lowest BCUT2D eigenvalue weighted by atomic mass is 10.0. The molecule has 0 bridgehead atoms. The Morgan fingerprint density at radius 2 is 1.75 bits per heavy atom. The number of aryl methyl sites for hydroxylation is 3. The second-order valence-corrected chi connectivity index (χ2v) is 7.92. The molecule has 0 fully saturated rings. The number of hydrogen-bond donors (Lipinski definition) is 1. The van der Waals surface area contributed by atoms with E-state index in [1.165, 1.54) is 5.56 Å². The first-order valence-corrected chi connectivity index (χ1v) is 9.69. The number of hydrazone groups is 1. The number of hydrogen-bond acceptors (Lipinski definition) is 3. The van der Waals surface area contributed by atoms with E-state index >= 15 is 0 Å². The van der Waals surface area contributed by atoms with Crippen LogP contribution in [0.5, 0.6) is 0 Å². The first-order chi connectivity index (χ1) is 11.5. The summed E-state index contributed by atoms with van der Waals surface area (Å²) in [4.78, 5) is 2.73. The van der Waals surface area contributed by atoms with Gasteiger partial charge in [-0.2, -0.15) is 18.4 Å². The molecule has 2 aromatic rings. The summed E-state index contributed by atoms with van der Waals surface area (Å²) in [5, 5.41) is 4.28. The fourth-order valence-electron chi connectivity index (χ4n) is 3.04. The van der Waals surface area contributed by atoms with Gasteiger partial charge in [-0.3, -0.25) is 0 Å². The molecule has 24 heavy (non-hydrogen) atoms. The molecule has 0 saturated carbocycles. The van der Waals surface area contributed by atoms with Crippen molar-refractivity contribution in [1.82, 2.24) is 4.83 Å². The lowest BCUT2D eigenvalue weighted by Crippen LogP contribution is -2.21. The Balaban J connectivity index is 1.94. The smallest absolute Gasteiger partial charge is 0.200 e. The van der Waals surface area contributed by atoms with E-state index in [9.17, 15) is 8.42 Å². The van der Waals surface area contributed by atoms with Gasteiger partial charge in [-0.15, -0.1) is 0 Å². The molecule has 0 atom stereocenters. The molecular formula is C19H22N2O2S. The molecule has 0 unspecified atom stereocenters. The average Bonchev–Trinajstić information content (AvgIpc) is 2.77. The normalized spacial score (nSPS) is 16.5. The number of fused-ring (bicyclic) bond motifs is 1. The summed E-state index contributed by atoms with van der Waals surface area (Å²) in [7, 11) is -3.66. The highest BCUT2D eigenvalue weighted by molar-refractivity contribution is 7.89. The van der Waals surface area contributed by atoms with Gasteiger partial charge in [-0.1, -0.05) is 36.4 Å². The maximum Gasteiger partial charge on any atom is 0.276 e. The number of rotatable bonds is 3. The van der Waals surface area contributed by atoms with Gasteiger partial charge >= 0.3 is 0 Å². The Hall–Kier alpha value is -2.14. The van der Waals surface area contributed by atoms with Gasteiger partial charge in [-0.05, 0) is 62.3 Å². The van der Waals surface area contributed by atoms with Crippen LogP contribution in [0.3, 0.4) is 0 Å². The van der Waals surface area contributed by atoms with Crippen molar-refractivity contribution < 1.29 is 8.42 Å². The van der Waals surface area contributed by atoms with Crippen molar-refractivity contribution in [3.05, 3.63) is 64.7 Å². The van der Waals surface area contributed by atoms with E-state index in [4.69, 9.17) is 0 Å². The van der Waals surface area contributed by atoms with Crippen LogP contribution in [0, 0.1) is 13.8 Å². The molecule has 0 aliphatic heterocycles. The summed E-state index contributed by atoms with van der Waals surface area (Å²) < 4.78 is 25.3. The van der Waals surface area contributed by atoms with Gasteiger partial charge in [0, 0.05) is 5.56 Å². The standard InChI is InChI=1S/C19H22N2O2S/c1-14-11-12-15(2)19(13-14)24(22,23)21-20-18-10-6-4-8-16-7-3-5-9-17(16)18/h3,5,7,9,11-13,21H,4,6,8,10H2,1-2H3/b20-18-. The van der Waals surface area contributed by atoms with Gasteiger partial charge in [0.15, 0.2) is 0 Å². The second-order valence-electron chi connectivity index (χ2n) is 6.29. The summed E-state index contributed by atoms with van der Waals surface area (Å²) in [6, 6.07) is 13.5. The predicted molar refractivity (Wildman–Crippen MR) is 96.8 cm³/mol. The Labute approximate surface area is 143 Å². The summed E-state index contributed by atoms with van der Waals surface area (Å²) in [5.41, 5.74) is 4.73. The lowest BCUT2D eigenvalue weighted by molar-refractivity contribution is 0.583. The molecule has 0 spiro atoms. The van der Waals surface area contributed by atoms with Gasteiger partial charge in [0.05, 0.1) is 10.6 Å². The van der Waals surface area contributed by atoms with Gasteiger partial charge < -0.3 is 0 Å². The first kappa shape index (κ1) is 16.7. The van der Waals surface area contributed by atoms with Crippen LogP contribution in [0.15, 0.2) is 52.5 Å². The van der Waals surface area contributed by atoms with Gasteiger partial charge in [0.25, 0.3) is 10.0 Å². The molecule has 126 valence electrons. The van der Waals surface area contributed by atoms with Gasteiger partial charge in [0.2, 0.25) is 0 Å². The molecule has 4 nitrogen and oxygen atoms in total. The fraction of sp³-hybridized carbons (Fsp3) is 0.316. The maximum absolute atomic E-state index is 12.6. The van der Waals surface area contributed by atoms with Crippen LogP contribution in [0.1, 0.15) is 41.5 Å². The average molecular weight is 342 g/mol. The molecule has 0 saturated heterocycles. The van der Waals surface area contributed by atoms with Crippen molar-refractivity contribution in [1.29, 1.82) is 0 Å². The first-order valence-electron chi connectivity index (χ1n) is 8.21. The topological polar surface area (TPSA) is 58.5 Å². The summed E-state index contributed by atoms with van der Waals surface area (Å²) in [5.74, 6) is 0. The molecule has 0 aromatic heterocycles. The van der Waals surface area contributed by atoms with Crippen LogP contribution in [-0.4, -0.2) is 14.1 Å². The van der Waals surface area contributed by atoms with E-state index in [-0.39, 0.29) is 4.90 Å². The van der Waals surface area contributed by atoms with Crippen LogP contribution in [0.25, 0.3) is 0 Å². The van der Waals surface area contributed by atoms with Crippen molar-refractivity contribution in [3.63, 3.8) is 0 Å². The third-order valence-corrected chi connectivity index (χ3v) is 5.72. The Kier molecular flexibility index (Phi) is 4.71. The fourth-order valence-corrected chi connectivity index (χ4v) is 4.20. The molecule has 1 aliphatic carbocycles. The Morgan fingerprint density at radius 1 is 1.00 bits per heavy atom.